The van der Waals surface area contributed by atoms with Gasteiger partial charge in [0.05, 0.1) is 19.3 Å². The van der Waals surface area contributed by atoms with Crippen LogP contribution in [0.2, 0.25) is 0 Å². The number of aromatic hydroxyl groups is 3. The number of ether oxygens (including phenoxy) is 7. The highest BCUT2D eigenvalue weighted by Gasteiger charge is 2.52. The van der Waals surface area contributed by atoms with Gasteiger partial charge >= 0.3 is 5.97 Å². The summed E-state index contributed by atoms with van der Waals surface area (Å²) in [5.41, 5.74) is -1.18. The number of esters is 1. The zero-order valence-corrected chi connectivity index (χ0v) is 28.5. The Labute approximate surface area is 304 Å². The fraction of sp³-hybridized carbons (Fsp3) is 0.529. The van der Waals surface area contributed by atoms with Crippen molar-refractivity contribution in [2.24, 2.45) is 0 Å². The van der Waals surface area contributed by atoms with Crippen LogP contribution in [0.4, 0.5) is 0 Å². The van der Waals surface area contributed by atoms with E-state index in [9.17, 15) is 60.7 Å². The van der Waals surface area contributed by atoms with E-state index in [1.807, 2.05) is 0 Å². The third-order valence-corrected chi connectivity index (χ3v) is 9.17. The first-order chi connectivity index (χ1) is 25.5. The van der Waals surface area contributed by atoms with Crippen LogP contribution in [0.1, 0.15) is 13.8 Å². The van der Waals surface area contributed by atoms with E-state index in [-0.39, 0.29) is 22.7 Å². The van der Waals surface area contributed by atoms with Crippen LogP contribution in [-0.4, -0.2) is 156 Å². The molecule has 3 aliphatic rings. The number of carbonyl (C=O) groups excluding carboxylic acids is 1. The summed E-state index contributed by atoms with van der Waals surface area (Å²) in [6, 6.07) is 7.13. The molecule has 20 heteroatoms. The maximum absolute atomic E-state index is 14.0. The van der Waals surface area contributed by atoms with Crippen LogP contribution >= 0.6 is 0 Å². The molecule has 296 valence electrons. The number of carbonyl (C=O) groups is 1. The molecule has 2 aromatic carbocycles. The average molecular weight is 769 g/mol. The first-order valence-electron chi connectivity index (χ1n) is 16.7. The van der Waals surface area contributed by atoms with Gasteiger partial charge in [-0.25, -0.2) is 0 Å². The van der Waals surface area contributed by atoms with Crippen molar-refractivity contribution in [2.45, 2.75) is 99.9 Å². The predicted octanol–water partition coefficient (Wildman–Crippen LogP) is -2.36. The molecule has 3 aromatic rings. The summed E-state index contributed by atoms with van der Waals surface area (Å²) in [7, 11) is 0. The lowest BCUT2D eigenvalue weighted by Gasteiger charge is -2.45. The molecule has 0 aliphatic carbocycles. The lowest BCUT2D eigenvalue weighted by molar-refractivity contribution is -0.352. The van der Waals surface area contributed by atoms with Crippen molar-refractivity contribution in [1.29, 1.82) is 0 Å². The fourth-order valence-electron chi connectivity index (χ4n) is 6.32. The molecule has 0 unspecified atom stereocenters. The van der Waals surface area contributed by atoms with E-state index in [2.05, 4.69) is 0 Å². The molecule has 14 atom stereocenters. The molecule has 1 aromatic heterocycles. The topological polar surface area (TPSA) is 314 Å². The molecule has 10 N–H and O–H groups in total. The van der Waals surface area contributed by atoms with Gasteiger partial charge in [0.25, 0.3) is 0 Å². The van der Waals surface area contributed by atoms with Crippen LogP contribution in [0.3, 0.4) is 0 Å². The standard InChI is InChI=1S/C34H40O20/c1-11-28(50-12(2)35)25(44)27(46)32(49-11)48-10-19-22(41)24(43)31(54-33-26(45)21(40)17(39)9-47-33)34(52-19)53-30-23(42)20-16(38)7-15(37)8-18(20)51-29(30)13-3-5-14(36)6-4-13/h3-8,11,17,19,21-22,24-28,31-34,36-41,43-46H,9-10H2,1-2H3/t11-,17+,19+,21-,22+,24-,25-,26+,27+,28-,31+,32+,33-,34-/m0/s1. The molecule has 4 heterocycles. The Morgan fingerprint density at radius 1 is 0.796 bits per heavy atom. The number of rotatable bonds is 9. The molecule has 20 nitrogen and oxygen atoms in total. The van der Waals surface area contributed by atoms with Crippen molar-refractivity contribution in [3.8, 4) is 34.3 Å². The second-order valence-electron chi connectivity index (χ2n) is 13.1. The fourth-order valence-corrected chi connectivity index (χ4v) is 6.32. The number of phenolic OH excluding ortho intramolecular Hbond substituents is 3. The van der Waals surface area contributed by atoms with Crippen molar-refractivity contribution in [3.63, 3.8) is 0 Å². The summed E-state index contributed by atoms with van der Waals surface area (Å²) in [6.07, 6.45) is -23.5. The van der Waals surface area contributed by atoms with Crippen molar-refractivity contribution in [1.82, 2.24) is 0 Å². The SMILES string of the molecule is CC(=O)O[C@@H]1[C@@H](O)[C@@H](O)[C@H](OC[C@H]2O[C@@H](Oc3c(-c4ccc(O)cc4)oc4cc(O)cc(O)c4c3=O)[C@H](O[C@@H]3OC[C@@H](O)[C@H](O)[C@H]3O)[C@@H](O)[C@@H]2O)O[C@H]1C. The van der Waals surface area contributed by atoms with E-state index in [0.717, 1.165) is 19.1 Å². The number of benzene rings is 2. The first kappa shape index (κ1) is 39.5. The molecule has 0 radical (unpaired) electrons. The van der Waals surface area contributed by atoms with Crippen molar-refractivity contribution >= 4 is 16.9 Å². The summed E-state index contributed by atoms with van der Waals surface area (Å²) in [6.45, 7) is 1.34. The summed E-state index contributed by atoms with van der Waals surface area (Å²) in [4.78, 5) is 25.5. The number of aliphatic hydroxyl groups is 7. The van der Waals surface area contributed by atoms with Crippen molar-refractivity contribution in [3.05, 3.63) is 46.6 Å². The molecule has 0 saturated carbocycles. The second-order valence-corrected chi connectivity index (χ2v) is 13.1. The monoisotopic (exact) mass is 768 g/mol. The smallest absolute Gasteiger partial charge is 0.303 e. The van der Waals surface area contributed by atoms with Crippen molar-refractivity contribution < 1.29 is 93.4 Å². The Bertz CT molecular complexity index is 1850. The number of aliphatic hydroxyl groups excluding tert-OH is 7. The van der Waals surface area contributed by atoms with Crippen LogP contribution in [0.25, 0.3) is 22.3 Å². The Morgan fingerprint density at radius 3 is 2.15 bits per heavy atom. The Balaban J connectivity index is 1.35. The van der Waals surface area contributed by atoms with Crippen molar-refractivity contribution in [2.75, 3.05) is 13.2 Å². The zero-order valence-electron chi connectivity index (χ0n) is 28.5. The lowest BCUT2D eigenvalue weighted by atomic mass is 9.98. The van der Waals surface area contributed by atoms with E-state index < -0.39 is 133 Å². The van der Waals surface area contributed by atoms with Crippen LogP contribution < -0.4 is 10.2 Å². The van der Waals surface area contributed by atoms with Gasteiger partial charge in [-0.1, -0.05) is 0 Å². The van der Waals surface area contributed by atoms with E-state index in [1.165, 1.54) is 31.2 Å². The molecule has 3 saturated heterocycles. The molecule has 0 amide bonds. The van der Waals surface area contributed by atoms with E-state index >= 15 is 0 Å². The molecule has 0 spiro atoms. The Kier molecular flexibility index (Phi) is 11.6. The summed E-state index contributed by atoms with van der Waals surface area (Å²) in [5.74, 6) is -3.05. The number of hydrogen-bond donors (Lipinski definition) is 10. The zero-order chi connectivity index (χ0) is 39.2. The molecule has 3 aliphatic heterocycles. The Morgan fingerprint density at radius 2 is 1.46 bits per heavy atom. The lowest BCUT2D eigenvalue weighted by Crippen LogP contribution is -2.64. The van der Waals surface area contributed by atoms with E-state index in [0.29, 0.717) is 0 Å². The van der Waals surface area contributed by atoms with Gasteiger partial charge in [0.2, 0.25) is 17.5 Å². The maximum Gasteiger partial charge on any atom is 0.303 e. The Hall–Kier alpha value is -4.16. The summed E-state index contributed by atoms with van der Waals surface area (Å²) < 4.78 is 45.3. The molecule has 54 heavy (non-hydrogen) atoms. The third kappa shape index (κ3) is 7.82. The largest absolute Gasteiger partial charge is 0.508 e. The van der Waals surface area contributed by atoms with Gasteiger partial charge in [0, 0.05) is 24.6 Å². The van der Waals surface area contributed by atoms with Crippen LogP contribution in [0, 0.1) is 0 Å². The molecular weight excluding hydrogens is 728 g/mol. The molecule has 0 bridgehead atoms. The number of hydrogen-bond acceptors (Lipinski definition) is 20. The van der Waals surface area contributed by atoms with Gasteiger partial charge in [-0.3, -0.25) is 9.59 Å². The third-order valence-electron chi connectivity index (χ3n) is 9.17. The van der Waals surface area contributed by atoms with E-state index in [1.54, 1.807) is 0 Å². The summed E-state index contributed by atoms with van der Waals surface area (Å²) >= 11 is 0. The summed E-state index contributed by atoms with van der Waals surface area (Å²) in [5, 5.41) is 105. The van der Waals surface area contributed by atoms with Gasteiger partial charge in [-0.15, -0.1) is 0 Å². The average Bonchev–Trinajstić information content (AvgIpc) is 3.12. The van der Waals surface area contributed by atoms with Gasteiger partial charge < -0.3 is 88.6 Å². The van der Waals surface area contributed by atoms with Crippen LogP contribution in [-0.2, 0) is 33.2 Å². The molecule has 6 rings (SSSR count). The number of fused-ring (bicyclic) bond motifs is 1. The molecule has 3 fully saturated rings. The van der Waals surface area contributed by atoms with Crippen LogP contribution in [0.15, 0.2) is 45.6 Å². The normalized spacial score (nSPS) is 35.8. The second kappa shape index (κ2) is 15.9. The van der Waals surface area contributed by atoms with Crippen LogP contribution in [0.5, 0.6) is 23.0 Å². The molecular formula is C34H40O20. The minimum Gasteiger partial charge on any atom is -0.508 e. The highest BCUT2D eigenvalue weighted by molar-refractivity contribution is 5.88. The predicted molar refractivity (Wildman–Crippen MR) is 175 cm³/mol. The van der Waals surface area contributed by atoms with E-state index in [4.69, 9.17) is 37.6 Å². The van der Waals surface area contributed by atoms with Gasteiger partial charge in [0.15, 0.2) is 30.5 Å². The quantitative estimate of drug-likeness (QED) is 0.102. The van der Waals surface area contributed by atoms with Gasteiger partial charge in [-0.2, -0.15) is 0 Å². The maximum atomic E-state index is 14.0. The van der Waals surface area contributed by atoms with Gasteiger partial charge in [-0.05, 0) is 31.2 Å². The minimum absolute atomic E-state index is 0.129. The van der Waals surface area contributed by atoms with Gasteiger partial charge in [0.1, 0.15) is 77.0 Å². The first-order valence-corrected chi connectivity index (χ1v) is 16.7. The number of phenols is 3. The highest BCUT2D eigenvalue weighted by atomic mass is 16.8. The highest BCUT2D eigenvalue weighted by Crippen LogP contribution is 2.38. The minimum atomic E-state index is -2.01.